The molecule has 2 aromatic heterocycles. The number of nitrogens with zero attached hydrogens (tertiary/aromatic N) is 2. The van der Waals surface area contributed by atoms with Gasteiger partial charge in [-0.15, -0.1) is 11.3 Å². The number of anilines is 1. The van der Waals surface area contributed by atoms with Crippen LogP contribution in [0.25, 0.3) is 10.2 Å². The normalized spacial score (nSPS) is 11.1. The van der Waals surface area contributed by atoms with E-state index in [0.717, 1.165) is 10.2 Å². The number of thiophene rings is 1. The molecule has 2 aromatic rings. The summed E-state index contributed by atoms with van der Waals surface area (Å²) in [5.41, 5.74) is 2.58. The van der Waals surface area contributed by atoms with E-state index in [1.54, 1.807) is 11.3 Å². The van der Waals surface area contributed by atoms with Crippen molar-refractivity contribution in [1.29, 1.82) is 0 Å². The Bertz CT molecular complexity index is 449. The van der Waals surface area contributed by atoms with E-state index in [4.69, 9.17) is 5.84 Å². The molecule has 0 fully saturated rings. The molecule has 0 atom stereocenters. The van der Waals surface area contributed by atoms with Gasteiger partial charge in [-0.3, -0.25) is 0 Å². The maximum absolute atomic E-state index is 5.37. The molecule has 0 aliphatic heterocycles. The van der Waals surface area contributed by atoms with Crippen molar-refractivity contribution in [2.45, 2.75) is 19.8 Å². The minimum absolute atomic E-state index is 0.514. The number of hydrogen-bond acceptors (Lipinski definition) is 5. The first-order valence-electron chi connectivity index (χ1n) is 4.43. The van der Waals surface area contributed by atoms with Crippen molar-refractivity contribution in [3.05, 3.63) is 17.3 Å². The number of fused-ring (bicyclic) bond motifs is 1. The van der Waals surface area contributed by atoms with Crippen molar-refractivity contribution in [3.8, 4) is 0 Å². The smallest absolute Gasteiger partial charge is 0.152 e. The topological polar surface area (TPSA) is 63.8 Å². The number of nitrogens with two attached hydrogens (primary N) is 1. The Hall–Kier alpha value is -1.20. The average molecular weight is 208 g/mol. The summed E-state index contributed by atoms with van der Waals surface area (Å²) in [6.45, 7) is 4.32. The standard InChI is InChI=1S/C9H12N4S/c1-5(2)7-3-6-8(13-10)11-4-12-9(6)14-7/h3-5H,10H2,1-2H3,(H,11,12,13). The van der Waals surface area contributed by atoms with Crippen LogP contribution in [-0.4, -0.2) is 9.97 Å². The Morgan fingerprint density at radius 2 is 2.21 bits per heavy atom. The van der Waals surface area contributed by atoms with Crippen LogP contribution in [0.15, 0.2) is 12.4 Å². The van der Waals surface area contributed by atoms with Gasteiger partial charge in [0.2, 0.25) is 0 Å². The zero-order valence-corrected chi connectivity index (χ0v) is 8.93. The zero-order chi connectivity index (χ0) is 10.1. The molecule has 0 aliphatic rings. The number of hydrazine groups is 1. The molecule has 74 valence electrons. The van der Waals surface area contributed by atoms with Gasteiger partial charge in [-0.25, -0.2) is 15.8 Å². The van der Waals surface area contributed by atoms with Crippen molar-refractivity contribution in [2.75, 3.05) is 5.43 Å². The van der Waals surface area contributed by atoms with E-state index in [1.165, 1.54) is 11.2 Å². The van der Waals surface area contributed by atoms with Gasteiger partial charge in [-0.2, -0.15) is 0 Å². The summed E-state index contributed by atoms with van der Waals surface area (Å²) < 4.78 is 0. The molecule has 4 nitrogen and oxygen atoms in total. The summed E-state index contributed by atoms with van der Waals surface area (Å²) in [4.78, 5) is 10.5. The van der Waals surface area contributed by atoms with E-state index in [2.05, 4.69) is 35.3 Å². The summed E-state index contributed by atoms with van der Waals surface area (Å²) in [6, 6.07) is 2.10. The van der Waals surface area contributed by atoms with Gasteiger partial charge in [0.25, 0.3) is 0 Å². The molecule has 0 aliphatic carbocycles. The number of nitrogens with one attached hydrogen (secondary N) is 1. The first-order chi connectivity index (χ1) is 6.72. The lowest BCUT2D eigenvalue weighted by molar-refractivity contribution is 0.890. The van der Waals surface area contributed by atoms with Crippen molar-refractivity contribution in [2.24, 2.45) is 5.84 Å². The van der Waals surface area contributed by atoms with Crippen LogP contribution in [-0.2, 0) is 0 Å². The first-order valence-corrected chi connectivity index (χ1v) is 5.25. The second kappa shape index (κ2) is 3.51. The molecule has 0 aromatic carbocycles. The van der Waals surface area contributed by atoms with Gasteiger partial charge in [0.1, 0.15) is 11.2 Å². The average Bonchev–Trinajstić information content (AvgIpc) is 2.60. The lowest BCUT2D eigenvalue weighted by Gasteiger charge is -1.97. The maximum Gasteiger partial charge on any atom is 0.152 e. The van der Waals surface area contributed by atoms with E-state index in [9.17, 15) is 0 Å². The van der Waals surface area contributed by atoms with Crippen LogP contribution in [0.3, 0.4) is 0 Å². The number of aromatic nitrogens is 2. The Morgan fingerprint density at radius 1 is 1.43 bits per heavy atom. The van der Waals surface area contributed by atoms with Crippen LogP contribution >= 0.6 is 11.3 Å². The Balaban J connectivity index is 2.64. The molecule has 5 heteroatoms. The van der Waals surface area contributed by atoms with Crippen molar-refractivity contribution < 1.29 is 0 Å². The lowest BCUT2D eigenvalue weighted by atomic mass is 10.2. The second-order valence-corrected chi connectivity index (χ2v) is 4.45. The fourth-order valence-corrected chi connectivity index (χ4v) is 2.27. The molecule has 3 N–H and O–H groups in total. The highest BCUT2D eigenvalue weighted by atomic mass is 32.1. The summed E-state index contributed by atoms with van der Waals surface area (Å²) in [6.07, 6.45) is 1.53. The van der Waals surface area contributed by atoms with Gasteiger partial charge in [-0.05, 0) is 12.0 Å². The molecular weight excluding hydrogens is 196 g/mol. The predicted molar refractivity (Wildman–Crippen MR) is 59.3 cm³/mol. The van der Waals surface area contributed by atoms with E-state index < -0.39 is 0 Å². The van der Waals surface area contributed by atoms with Gasteiger partial charge < -0.3 is 5.43 Å². The Morgan fingerprint density at radius 3 is 2.86 bits per heavy atom. The van der Waals surface area contributed by atoms with Gasteiger partial charge in [0.05, 0.1) is 5.39 Å². The van der Waals surface area contributed by atoms with Crippen LogP contribution in [0.1, 0.15) is 24.6 Å². The molecule has 2 rings (SSSR count). The largest absolute Gasteiger partial charge is 0.308 e. The fourth-order valence-electron chi connectivity index (χ4n) is 1.27. The third-order valence-electron chi connectivity index (χ3n) is 2.05. The van der Waals surface area contributed by atoms with Crippen molar-refractivity contribution in [1.82, 2.24) is 9.97 Å². The highest BCUT2D eigenvalue weighted by Crippen LogP contribution is 2.31. The summed E-state index contributed by atoms with van der Waals surface area (Å²) in [5, 5.41) is 1.00. The number of rotatable bonds is 2. The molecule has 0 saturated carbocycles. The summed E-state index contributed by atoms with van der Waals surface area (Å²) >= 11 is 1.69. The van der Waals surface area contributed by atoms with Crippen LogP contribution in [0.4, 0.5) is 5.82 Å². The maximum atomic E-state index is 5.37. The molecule has 0 amide bonds. The SMILES string of the molecule is CC(C)c1cc2c(NN)ncnc2s1. The van der Waals surface area contributed by atoms with E-state index in [-0.39, 0.29) is 0 Å². The van der Waals surface area contributed by atoms with Crippen molar-refractivity contribution >= 4 is 27.4 Å². The van der Waals surface area contributed by atoms with Crippen molar-refractivity contribution in [3.63, 3.8) is 0 Å². The van der Waals surface area contributed by atoms with Gasteiger partial charge in [0.15, 0.2) is 5.82 Å². The van der Waals surface area contributed by atoms with E-state index in [1.807, 2.05) is 0 Å². The molecule has 0 radical (unpaired) electrons. The predicted octanol–water partition coefficient (Wildman–Crippen LogP) is 2.10. The first kappa shape index (κ1) is 9.36. The summed E-state index contributed by atoms with van der Waals surface area (Å²) in [5.74, 6) is 6.57. The van der Waals surface area contributed by atoms with E-state index >= 15 is 0 Å². The molecule has 0 spiro atoms. The van der Waals surface area contributed by atoms with E-state index in [0.29, 0.717) is 11.7 Å². The number of hydrogen-bond donors (Lipinski definition) is 2. The van der Waals surface area contributed by atoms with Crippen LogP contribution in [0, 0.1) is 0 Å². The minimum atomic E-state index is 0.514. The van der Waals surface area contributed by atoms with Gasteiger partial charge in [0, 0.05) is 4.88 Å². The van der Waals surface area contributed by atoms with Crippen LogP contribution in [0.5, 0.6) is 0 Å². The monoisotopic (exact) mass is 208 g/mol. The fraction of sp³-hybridized carbons (Fsp3) is 0.333. The highest BCUT2D eigenvalue weighted by molar-refractivity contribution is 7.18. The van der Waals surface area contributed by atoms with Crippen LogP contribution in [0.2, 0.25) is 0 Å². The third kappa shape index (κ3) is 1.44. The highest BCUT2D eigenvalue weighted by Gasteiger charge is 2.09. The molecule has 0 saturated heterocycles. The Kier molecular flexibility index (Phi) is 2.35. The lowest BCUT2D eigenvalue weighted by Crippen LogP contribution is -2.08. The molecule has 0 bridgehead atoms. The quantitative estimate of drug-likeness (QED) is 0.586. The molecular formula is C9H12N4S. The molecule has 2 heterocycles. The third-order valence-corrected chi connectivity index (χ3v) is 3.40. The second-order valence-electron chi connectivity index (χ2n) is 3.39. The summed E-state index contributed by atoms with van der Waals surface area (Å²) in [7, 11) is 0. The van der Waals surface area contributed by atoms with Gasteiger partial charge >= 0.3 is 0 Å². The molecule has 14 heavy (non-hydrogen) atoms. The van der Waals surface area contributed by atoms with Gasteiger partial charge in [-0.1, -0.05) is 13.8 Å². The Labute approximate surface area is 86.1 Å². The van der Waals surface area contributed by atoms with Crippen LogP contribution < -0.4 is 11.3 Å². The zero-order valence-electron chi connectivity index (χ0n) is 8.11. The minimum Gasteiger partial charge on any atom is -0.308 e. The number of nitrogen functional groups attached to an aromatic ring is 1. The molecule has 0 unspecified atom stereocenters.